The maximum atomic E-state index is 12.0. The first-order valence-electron chi connectivity index (χ1n) is 9.64. The number of anilines is 1. The summed E-state index contributed by atoms with van der Waals surface area (Å²) in [4.78, 5) is 27.5. The van der Waals surface area contributed by atoms with Gasteiger partial charge in [-0.3, -0.25) is 9.59 Å². The van der Waals surface area contributed by atoms with E-state index >= 15 is 0 Å². The van der Waals surface area contributed by atoms with Crippen LogP contribution in [0.1, 0.15) is 45.7 Å². The average Bonchev–Trinajstić information content (AvgIpc) is 3.23. The molecule has 3 heterocycles. The van der Waals surface area contributed by atoms with Gasteiger partial charge in [-0.2, -0.15) is 5.10 Å². The number of hydrogen-bond donors (Lipinski definition) is 3. The molecular weight excluding hydrogens is 380 g/mol. The predicted octanol–water partition coefficient (Wildman–Crippen LogP) is 0.757. The number of aromatic nitrogens is 3. The molecule has 0 radical (unpaired) electrons. The Bertz CT molecular complexity index is 900. The van der Waals surface area contributed by atoms with E-state index in [2.05, 4.69) is 15.4 Å². The summed E-state index contributed by atoms with van der Waals surface area (Å²) in [5.41, 5.74) is -0.315. The minimum Gasteiger partial charge on any atom is -0.463 e. The van der Waals surface area contributed by atoms with Gasteiger partial charge in [-0.1, -0.05) is 13.8 Å². The lowest BCUT2D eigenvalue weighted by molar-refractivity contribution is -0.151. The van der Waals surface area contributed by atoms with Crippen LogP contribution in [0.25, 0.3) is 5.52 Å². The fraction of sp³-hybridized carbons (Fsp3) is 0.579. The largest absolute Gasteiger partial charge is 0.463 e. The van der Waals surface area contributed by atoms with Gasteiger partial charge in [0.2, 0.25) is 5.91 Å². The first-order valence-corrected chi connectivity index (χ1v) is 9.64. The number of aliphatic hydroxyl groups is 2. The quantitative estimate of drug-likeness (QED) is 0.574. The number of hydrogen-bond acceptors (Lipinski definition) is 8. The second-order valence-electron chi connectivity index (χ2n) is 7.16. The monoisotopic (exact) mass is 406 g/mol. The van der Waals surface area contributed by atoms with Crippen LogP contribution in [-0.2, 0) is 24.7 Å². The molecular formula is C19H26N4O6. The number of aliphatic hydroxyl groups excluding tert-OH is 2. The molecule has 10 nitrogen and oxygen atoms in total. The number of nitrogens with zero attached hydrogens (tertiary/aromatic N) is 3. The topological polar surface area (TPSA) is 135 Å². The van der Waals surface area contributed by atoms with Crippen molar-refractivity contribution in [3.63, 3.8) is 0 Å². The molecule has 3 rings (SSSR count). The van der Waals surface area contributed by atoms with E-state index in [-0.39, 0.29) is 18.9 Å². The average molecular weight is 406 g/mol. The second kappa shape index (κ2) is 8.44. The van der Waals surface area contributed by atoms with Gasteiger partial charge < -0.3 is 25.0 Å². The number of fused-ring (bicyclic) bond motifs is 1. The summed E-state index contributed by atoms with van der Waals surface area (Å²) in [6, 6.07) is 3.39. The number of rotatable bonds is 7. The predicted molar refractivity (Wildman–Crippen MR) is 102 cm³/mol. The fourth-order valence-corrected chi connectivity index (χ4v) is 3.43. The third-order valence-electron chi connectivity index (χ3n) is 5.06. The zero-order chi connectivity index (χ0) is 21.2. The second-order valence-corrected chi connectivity index (χ2v) is 7.16. The van der Waals surface area contributed by atoms with Gasteiger partial charge in [-0.15, -0.1) is 0 Å². The van der Waals surface area contributed by atoms with Crippen LogP contribution in [0.2, 0.25) is 0 Å². The zero-order valence-corrected chi connectivity index (χ0v) is 16.7. The smallest absolute Gasteiger partial charge is 0.305 e. The van der Waals surface area contributed by atoms with E-state index in [1.54, 1.807) is 26.0 Å². The summed E-state index contributed by atoms with van der Waals surface area (Å²) in [5.74, 6) is -0.237. The highest BCUT2D eigenvalue weighted by molar-refractivity contribution is 5.93. The molecule has 1 fully saturated rings. The van der Waals surface area contributed by atoms with Gasteiger partial charge in [-0.25, -0.2) is 9.50 Å². The molecule has 0 aromatic carbocycles. The van der Waals surface area contributed by atoms with E-state index in [0.29, 0.717) is 29.9 Å². The molecule has 2 aromatic heterocycles. The van der Waals surface area contributed by atoms with Crippen LogP contribution in [0.5, 0.6) is 0 Å². The van der Waals surface area contributed by atoms with Crippen molar-refractivity contribution in [2.24, 2.45) is 0 Å². The number of nitrogens with one attached hydrogen (secondary N) is 1. The maximum absolute atomic E-state index is 12.0. The molecule has 0 spiro atoms. The molecule has 1 amide bonds. The molecule has 3 N–H and O–H groups in total. The van der Waals surface area contributed by atoms with Crippen molar-refractivity contribution in [2.45, 2.75) is 63.9 Å². The van der Waals surface area contributed by atoms with Crippen molar-refractivity contribution < 1.29 is 29.3 Å². The van der Waals surface area contributed by atoms with Crippen LogP contribution in [0.15, 0.2) is 18.5 Å². The van der Waals surface area contributed by atoms with Crippen molar-refractivity contribution in [1.29, 1.82) is 0 Å². The molecule has 158 valence electrons. The van der Waals surface area contributed by atoms with Crippen molar-refractivity contribution in [1.82, 2.24) is 14.6 Å². The van der Waals surface area contributed by atoms with Crippen LogP contribution < -0.4 is 5.32 Å². The summed E-state index contributed by atoms with van der Waals surface area (Å²) in [5, 5.41) is 28.1. The first kappa shape index (κ1) is 21.2. The number of amides is 1. The molecule has 0 saturated carbocycles. The fourth-order valence-electron chi connectivity index (χ4n) is 3.43. The Hall–Kier alpha value is -2.56. The van der Waals surface area contributed by atoms with Gasteiger partial charge in [0.1, 0.15) is 42.4 Å². The van der Waals surface area contributed by atoms with Crippen LogP contribution in [0.3, 0.4) is 0 Å². The highest BCUT2D eigenvalue weighted by Crippen LogP contribution is 2.40. The third-order valence-corrected chi connectivity index (χ3v) is 5.06. The van der Waals surface area contributed by atoms with Gasteiger partial charge in [0, 0.05) is 12.8 Å². The zero-order valence-electron chi connectivity index (χ0n) is 16.7. The van der Waals surface area contributed by atoms with Crippen LogP contribution >= 0.6 is 0 Å². The maximum Gasteiger partial charge on any atom is 0.305 e. The van der Waals surface area contributed by atoms with Crippen molar-refractivity contribution in [3.05, 3.63) is 24.2 Å². The minimum absolute atomic E-state index is 0.160. The Morgan fingerprint density at radius 3 is 2.79 bits per heavy atom. The van der Waals surface area contributed by atoms with Crippen LogP contribution in [0.4, 0.5) is 5.82 Å². The Morgan fingerprint density at radius 1 is 1.34 bits per heavy atom. The molecule has 29 heavy (non-hydrogen) atoms. The number of carbonyl (C=O) groups excluding carboxylic acids is 2. The van der Waals surface area contributed by atoms with Crippen molar-refractivity contribution in [3.8, 4) is 0 Å². The minimum atomic E-state index is -1.31. The standard InChI is InChI=1S/C19H26N4O6/c1-4-6-14(24)22-18-11-7-8-13(23(11)21-10-20-18)19(3)17(27)16(26)12(29-19)9-28-15(25)5-2/h7-8,10,12,16-17,26-27H,4-6,9H2,1-3H3,(H,20,21,22,24)/t12-,16-,17-,19+/m1/s1. The van der Waals surface area contributed by atoms with Gasteiger partial charge in [0.25, 0.3) is 0 Å². The first-order chi connectivity index (χ1) is 13.8. The lowest BCUT2D eigenvalue weighted by Gasteiger charge is -2.27. The van der Waals surface area contributed by atoms with Crippen LogP contribution in [-0.4, -0.2) is 61.6 Å². The highest BCUT2D eigenvalue weighted by atomic mass is 16.6. The van der Waals surface area contributed by atoms with Gasteiger partial charge in [-0.05, 0) is 25.5 Å². The normalized spacial score (nSPS) is 26.6. The summed E-state index contributed by atoms with van der Waals surface area (Å²) >= 11 is 0. The number of carbonyl (C=O) groups is 2. The van der Waals surface area contributed by atoms with E-state index < -0.39 is 29.9 Å². The summed E-state index contributed by atoms with van der Waals surface area (Å²) in [7, 11) is 0. The van der Waals surface area contributed by atoms with Crippen molar-refractivity contribution in [2.75, 3.05) is 11.9 Å². The molecule has 4 atom stereocenters. The van der Waals surface area contributed by atoms with E-state index in [1.807, 2.05) is 6.92 Å². The molecule has 0 aliphatic carbocycles. The Labute approximate surface area is 167 Å². The molecule has 0 unspecified atom stereocenters. The van der Waals surface area contributed by atoms with Crippen LogP contribution in [0, 0.1) is 0 Å². The van der Waals surface area contributed by atoms with E-state index in [0.717, 1.165) is 0 Å². The third kappa shape index (κ3) is 3.96. The Balaban J connectivity index is 1.89. The van der Waals surface area contributed by atoms with Gasteiger partial charge >= 0.3 is 5.97 Å². The van der Waals surface area contributed by atoms with Gasteiger partial charge in [0.05, 0.1) is 5.69 Å². The van der Waals surface area contributed by atoms with Gasteiger partial charge in [0.15, 0.2) is 5.82 Å². The molecule has 1 saturated heterocycles. The summed E-state index contributed by atoms with van der Waals surface area (Å²) in [6.07, 6.45) is -0.844. The summed E-state index contributed by atoms with van der Waals surface area (Å²) < 4.78 is 12.5. The molecule has 0 bridgehead atoms. The number of esters is 1. The van der Waals surface area contributed by atoms with E-state index in [9.17, 15) is 19.8 Å². The molecule has 2 aromatic rings. The highest BCUT2D eigenvalue weighted by Gasteiger charge is 2.53. The molecule has 10 heteroatoms. The van der Waals surface area contributed by atoms with E-state index in [4.69, 9.17) is 9.47 Å². The number of ether oxygens (including phenoxy) is 2. The lowest BCUT2D eigenvalue weighted by Crippen LogP contribution is -2.39. The Kier molecular flexibility index (Phi) is 6.15. The van der Waals surface area contributed by atoms with E-state index in [1.165, 1.54) is 10.8 Å². The molecule has 1 aliphatic rings. The van der Waals surface area contributed by atoms with Crippen molar-refractivity contribution >= 4 is 23.2 Å². The molecule has 1 aliphatic heterocycles. The lowest BCUT2D eigenvalue weighted by atomic mass is 9.93. The Morgan fingerprint density at radius 2 is 2.10 bits per heavy atom. The summed E-state index contributed by atoms with van der Waals surface area (Å²) in [6.45, 7) is 5.03. The SMILES string of the molecule is CCCC(=O)Nc1ncnn2c([C@]3(C)O[C@H](COC(=O)CC)[C@@H](O)[C@H]3O)ccc12.